The third kappa shape index (κ3) is 2.71. The molecule has 2 aromatic rings. The van der Waals surface area contributed by atoms with Gasteiger partial charge < -0.3 is 9.26 Å². The lowest BCUT2D eigenvalue weighted by molar-refractivity contribution is 0.0470. The highest BCUT2D eigenvalue weighted by Gasteiger charge is 2.16. The third-order valence-corrected chi connectivity index (χ3v) is 2.45. The lowest BCUT2D eigenvalue weighted by atomic mass is 10.2. The highest BCUT2D eigenvalue weighted by molar-refractivity contribution is 9.10. The zero-order chi connectivity index (χ0) is 12.3. The molecule has 0 atom stereocenters. The van der Waals surface area contributed by atoms with Gasteiger partial charge in [-0.25, -0.2) is 4.79 Å². The van der Waals surface area contributed by atoms with Crippen molar-refractivity contribution in [2.24, 2.45) is 0 Å². The van der Waals surface area contributed by atoms with Crippen molar-refractivity contribution in [1.29, 1.82) is 0 Å². The average molecular weight is 297 g/mol. The topological polar surface area (TPSA) is 65.2 Å². The maximum atomic E-state index is 11.3. The van der Waals surface area contributed by atoms with Gasteiger partial charge in [0, 0.05) is 10.0 Å². The molecule has 0 aliphatic rings. The first kappa shape index (κ1) is 11.8. The number of aromatic nitrogens is 2. The Morgan fingerprint density at radius 1 is 1.53 bits per heavy atom. The van der Waals surface area contributed by atoms with Crippen LogP contribution in [0.4, 0.5) is 0 Å². The lowest BCUT2D eigenvalue weighted by Crippen LogP contribution is -2.04. The standard InChI is InChI=1S/C11H9BrN2O3/c1-2-16-11(15)10-13-9(14-17-10)7-4-3-5-8(12)6-7/h3-6H,2H2,1H3. The molecule has 0 fully saturated rings. The van der Waals surface area contributed by atoms with Gasteiger partial charge in [0.15, 0.2) is 0 Å². The predicted octanol–water partition coefficient (Wildman–Crippen LogP) is 2.68. The number of ether oxygens (including phenoxy) is 1. The first-order valence-corrected chi connectivity index (χ1v) is 5.76. The van der Waals surface area contributed by atoms with Crippen molar-refractivity contribution in [3.05, 3.63) is 34.6 Å². The van der Waals surface area contributed by atoms with Crippen LogP contribution in [-0.2, 0) is 4.74 Å². The molecule has 1 heterocycles. The van der Waals surface area contributed by atoms with Gasteiger partial charge in [-0.3, -0.25) is 0 Å². The molecule has 0 amide bonds. The van der Waals surface area contributed by atoms with Crippen LogP contribution in [-0.4, -0.2) is 22.7 Å². The molecule has 6 heteroatoms. The summed E-state index contributed by atoms with van der Waals surface area (Å²) in [5.74, 6) is -0.391. The van der Waals surface area contributed by atoms with E-state index in [1.54, 1.807) is 6.92 Å². The number of carbonyl (C=O) groups excluding carboxylic acids is 1. The van der Waals surface area contributed by atoms with Gasteiger partial charge in [0.2, 0.25) is 5.82 Å². The molecule has 0 bridgehead atoms. The van der Waals surface area contributed by atoms with Crippen LogP contribution in [0.3, 0.4) is 0 Å². The van der Waals surface area contributed by atoms with E-state index in [2.05, 4.69) is 26.1 Å². The average Bonchev–Trinajstić information content (AvgIpc) is 2.78. The summed E-state index contributed by atoms with van der Waals surface area (Å²) < 4.78 is 10.5. The first-order chi connectivity index (χ1) is 8.20. The monoisotopic (exact) mass is 296 g/mol. The second-order valence-electron chi connectivity index (χ2n) is 3.15. The number of rotatable bonds is 3. The van der Waals surface area contributed by atoms with Crippen LogP contribution in [0.15, 0.2) is 33.3 Å². The molecule has 2 rings (SSSR count). The molecule has 0 unspecified atom stereocenters. The van der Waals surface area contributed by atoms with Crippen molar-refractivity contribution in [2.75, 3.05) is 6.61 Å². The fourth-order valence-electron chi connectivity index (χ4n) is 1.24. The van der Waals surface area contributed by atoms with Crippen LogP contribution in [0.25, 0.3) is 11.4 Å². The molecule has 0 saturated carbocycles. The smallest absolute Gasteiger partial charge is 0.397 e. The molecule has 0 saturated heterocycles. The molecule has 0 radical (unpaired) electrons. The second-order valence-corrected chi connectivity index (χ2v) is 4.07. The number of hydrogen-bond acceptors (Lipinski definition) is 5. The van der Waals surface area contributed by atoms with E-state index in [4.69, 9.17) is 9.26 Å². The molecule has 0 spiro atoms. The number of carbonyl (C=O) groups is 1. The summed E-state index contributed by atoms with van der Waals surface area (Å²) in [5, 5.41) is 3.72. The molecular formula is C11H9BrN2O3. The summed E-state index contributed by atoms with van der Waals surface area (Å²) in [6.07, 6.45) is 0. The fraction of sp³-hybridized carbons (Fsp3) is 0.182. The molecule has 5 nitrogen and oxygen atoms in total. The van der Waals surface area contributed by atoms with Gasteiger partial charge in [0.25, 0.3) is 0 Å². The van der Waals surface area contributed by atoms with Gasteiger partial charge in [0.1, 0.15) is 0 Å². The summed E-state index contributed by atoms with van der Waals surface area (Å²) in [4.78, 5) is 15.3. The van der Waals surface area contributed by atoms with E-state index in [-0.39, 0.29) is 12.5 Å². The predicted molar refractivity (Wildman–Crippen MR) is 63.4 cm³/mol. The van der Waals surface area contributed by atoms with Crippen molar-refractivity contribution >= 4 is 21.9 Å². The van der Waals surface area contributed by atoms with Crippen LogP contribution in [0, 0.1) is 0 Å². The zero-order valence-corrected chi connectivity index (χ0v) is 10.6. The molecule has 88 valence electrons. The number of esters is 1. The number of nitrogens with zero attached hydrogens (tertiary/aromatic N) is 2. The Morgan fingerprint density at radius 2 is 2.35 bits per heavy atom. The summed E-state index contributed by atoms with van der Waals surface area (Å²) >= 11 is 3.34. The first-order valence-electron chi connectivity index (χ1n) is 4.97. The Bertz CT molecular complexity index is 539. The van der Waals surface area contributed by atoms with E-state index in [9.17, 15) is 4.79 Å². The Balaban J connectivity index is 2.27. The van der Waals surface area contributed by atoms with E-state index in [0.717, 1.165) is 10.0 Å². The minimum Gasteiger partial charge on any atom is -0.459 e. The molecule has 1 aromatic heterocycles. The summed E-state index contributed by atoms with van der Waals surface area (Å²) in [6, 6.07) is 7.39. The van der Waals surface area contributed by atoms with E-state index in [0.29, 0.717) is 5.82 Å². The molecule has 0 aliphatic heterocycles. The largest absolute Gasteiger partial charge is 0.459 e. The highest BCUT2D eigenvalue weighted by Crippen LogP contribution is 2.20. The summed E-state index contributed by atoms with van der Waals surface area (Å²) in [6.45, 7) is 1.98. The Labute approximate surface area is 106 Å². The third-order valence-electron chi connectivity index (χ3n) is 1.96. The van der Waals surface area contributed by atoms with Gasteiger partial charge in [-0.2, -0.15) is 4.98 Å². The fourth-order valence-corrected chi connectivity index (χ4v) is 1.64. The maximum Gasteiger partial charge on any atom is 0.397 e. The quantitative estimate of drug-likeness (QED) is 0.815. The minimum atomic E-state index is -0.610. The van der Waals surface area contributed by atoms with Crippen molar-refractivity contribution < 1.29 is 14.1 Å². The Hall–Kier alpha value is -1.69. The minimum absolute atomic E-state index is 0.137. The van der Waals surface area contributed by atoms with Crippen molar-refractivity contribution in [1.82, 2.24) is 10.1 Å². The van der Waals surface area contributed by atoms with Crippen molar-refractivity contribution in [3.8, 4) is 11.4 Å². The SMILES string of the molecule is CCOC(=O)c1nc(-c2cccc(Br)c2)no1. The maximum absolute atomic E-state index is 11.3. The summed E-state index contributed by atoms with van der Waals surface area (Å²) in [5.41, 5.74) is 0.763. The molecule has 17 heavy (non-hydrogen) atoms. The summed E-state index contributed by atoms with van der Waals surface area (Å²) in [7, 11) is 0. The number of benzene rings is 1. The molecular weight excluding hydrogens is 288 g/mol. The Morgan fingerprint density at radius 3 is 3.06 bits per heavy atom. The van der Waals surface area contributed by atoms with E-state index >= 15 is 0 Å². The van der Waals surface area contributed by atoms with Crippen LogP contribution in [0.2, 0.25) is 0 Å². The van der Waals surface area contributed by atoms with E-state index in [1.807, 2.05) is 24.3 Å². The normalized spacial score (nSPS) is 10.2. The van der Waals surface area contributed by atoms with E-state index < -0.39 is 5.97 Å². The lowest BCUT2D eigenvalue weighted by Gasteiger charge is -1.94. The van der Waals surface area contributed by atoms with Gasteiger partial charge in [-0.15, -0.1) is 0 Å². The number of halogens is 1. The van der Waals surface area contributed by atoms with Crippen molar-refractivity contribution in [3.63, 3.8) is 0 Å². The van der Waals surface area contributed by atoms with Crippen LogP contribution in [0.5, 0.6) is 0 Å². The van der Waals surface area contributed by atoms with Gasteiger partial charge >= 0.3 is 11.9 Å². The van der Waals surface area contributed by atoms with Crippen LogP contribution in [0.1, 0.15) is 17.6 Å². The molecule has 0 N–H and O–H groups in total. The number of hydrogen-bond donors (Lipinski definition) is 0. The van der Waals surface area contributed by atoms with E-state index in [1.165, 1.54) is 0 Å². The Kier molecular flexibility index (Phi) is 3.53. The van der Waals surface area contributed by atoms with Crippen LogP contribution < -0.4 is 0 Å². The van der Waals surface area contributed by atoms with Gasteiger partial charge in [0.05, 0.1) is 6.61 Å². The zero-order valence-electron chi connectivity index (χ0n) is 9.01. The van der Waals surface area contributed by atoms with Gasteiger partial charge in [-0.1, -0.05) is 33.2 Å². The molecule has 1 aromatic carbocycles. The highest BCUT2D eigenvalue weighted by atomic mass is 79.9. The molecule has 0 aliphatic carbocycles. The second kappa shape index (κ2) is 5.09. The van der Waals surface area contributed by atoms with Crippen LogP contribution >= 0.6 is 15.9 Å². The van der Waals surface area contributed by atoms with Gasteiger partial charge in [-0.05, 0) is 19.1 Å². The van der Waals surface area contributed by atoms with Crippen molar-refractivity contribution in [2.45, 2.75) is 6.92 Å².